The fraction of sp³-hybridized carbons (Fsp3) is 0.400. The fourth-order valence-electron chi connectivity index (χ4n) is 3.85. The van der Waals surface area contributed by atoms with Gasteiger partial charge in [-0.2, -0.15) is 0 Å². The Hall–Kier alpha value is -1.69. The van der Waals surface area contributed by atoms with E-state index >= 15 is 0 Å². The highest BCUT2D eigenvalue weighted by atomic mass is 32.2. The maximum Gasteiger partial charge on any atom is 0.182 e. The minimum atomic E-state index is -3.49. The lowest BCUT2D eigenvalue weighted by Crippen LogP contribution is -2.31. The molecule has 4 N–H and O–H groups in total. The van der Waals surface area contributed by atoms with Crippen molar-refractivity contribution in [2.24, 2.45) is 16.9 Å². The minimum absolute atomic E-state index is 0.153. The largest absolute Gasteiger partial charge is 0.330 e. The molecule has 1 aliphatic carbocycles. The molecule has 1 aliphatic rings. The summed E-state index contributed by atoms with van der Waals surface area (Å²) in [5.41, 5.74) is 14.7. The van der Waals surface area contributed by atoms with Crippen molar-refractivity contribution in [3.63, 3.8) is 0 Å². The Kier molecular flexibility index (Phi) is 4.75. The predicted octanol–water partition coefficient (Wildman–Crippen LogP) is 2.40. The molecule has 2 aromatic rings. The van der Waals surface area contributed by atoms with Gasteiger partial charge in [-0.25, -0.2) is 8.42 Å². The molecule has 0 amide bonds. The number of hydrogen-bond donors (Lipinski definition) is 2. The first-order chi connectivity index (χ1) is 11.9. The molecule has 5 heteroatoms. The van der Waals surface area contributed by atoms with E-state index in [1.807, 2.05) is 31.2 Å². The number of benzene rings is 2. The Morgan fingerprint density at radius 2 is 1.52 bits per heavy atom. The normalized spacial score (nSPS) is 21.9. The lowest BCUT2D eigenvalue weighted by atomic mass is 9.98. The summed E-state index contributed by atoms with van der Waals surface area (Å²) in [6, 6.07) is 15.2. The summed E-state index contributed by atoms with van der Waals surface area (Å²) in [4.78, 5) is 0.349. The standard InChI is InChI=1S/C20H26N2O2S/c1-3-15-6-8-16(9-7-15)18-19(20(18,12-21)13-22)25(23,24)17-10-4-14(2)5-11-17/h4-11,18-19H,3,12-13,21-22H2,1-2H3/t18-,19-/m1/s1. The Bertz CT molecular complexity index is 838. The van der Waals surface area contributed by atoms with Crippen LogP contribution in [0.15, 0.2) is 53.4 Å². The van der Waals surface area contributed by atoms with Crippen LogP contribution in [0.1, 0.15) is 29.5 Å². The average molecular weight is 359 g/mol. The zero-order chi connectivity index (χ0) is 18.2. The van der Waals surface area contributed by atoms with Crippen molar-refractivity contribution in [1.82, 2.24) is 0 Å². The van der Waals surface area contributed by atoms with Gasteiger partial charge in [-0.1, -0.05) is 48.9 Å². The maximum absolute atomic E-state index is 13.2. The van der Waals surface area contributed by atoms with Crippen LogP contribution in [-0.2, 0) is 16.3 Å². The lowest BCUT2D eigenvalue weighted by Gasteiger charge is -2.13. The quantitative estimate of drug-likeness (QED) is 0.830. The van der Waals surface area contributed by atoms with Crippen LogP contribution in [0.4, 0.5) is 0 Å². The topological polar surface area (TPSA) is 86.2 Å². The molecule has 0 bridgehead atoms. The molecule has 2 atom stereocenters. The second kappa shape index (κ2) is 6.56. The molecular formula is C20H26N2O2S. The van der Waals surface area contributed by atoms with Crippen LogP contribution in [0.5, 0.6) is 0 Å². The molecule has 0 spiro atoms. The van der Waals surface area contributed by atoms with Gasteiger partial charge in [0.25, 0.3) is 0 Å². The smallest absolute Gasteiger partial charge is 0.182 e. The summed E-state index contributed by atoms with van der Waals surface area (Å²) >= 11 is 0. The number of hydrogen-bond acceptors (Lipinski definition) is 4. The summed E-state index contributed by atoms with van der Waals surface area (Å²) < 4.78 is 26.5. The third-order valence-corrected chi connectivity index (χ3v) is 7.91. The second-order valence-electron chi connectivity index (χ2n) is 6.99. The molecule has 1 saturated carbocycles. The van der Waals surface area contributed by atoms with Crippen LogP contribution in [0.3, 0.4) is 0 Å². The van der Waals surface area contributed by atoms with Crippen LogP contribution >= 0.6 is 0 Å². The van der Waals surface area contributed by atoms with Gasteiger partial charge in [-0.3, -0.25) is 0 Å². The lowest BCUT2D eigenvalue weighted by molar-refractivity contribution is 0.510. The van der Waals surface area contributed by atoms with Crippen molar-refractivity contribution in [2.45, 2.75) is 36.3 Å². The van der Waals surface area contributed by atoms with Gasteiger partial charge in [-0.15, -0.1) is 0 Å². The summed E-state index contributed by atoms with van der Waals surface area (Å²) in [6.45, 7) is 4.56. The number of sulfone groups is 1. The molecule has 0 unspecified atom stereocenters. The molecule has 0 aliphatic heterocycles. The van der Waals surface area contributed by atoms with E-state index in [1.54, 1.807) is 12.1 Å². The molecule has 0 aromatic heterocycles. The minimum Gasteiger partial charge on any atom is -0.330 e. The van der Waals surface area contributed by atoms with E-state index in [0.717, 1.165) is 17.5 Å². The van der Waals surface area contributed by atoms with Gasteiger partial charge >= 0.3 is 0 Å². The van der Waals surface area contributed by atoms with E-state index in [-0.39, 0.29) is 19.0 Å². The summed E-state index contributed by atoms with van der Waals surface area (Å²) in [7, 11) is -3.49. The van der Waals surface area contributed by atoms with Crippen molar-refractivity contribution in [3.8, 4) is 0 Å². The van der Waals surface area contributed by atoms with Gasteiger partial charge in [0.05, 0.1) is 10.1 Å². The molecule has 0 saturated heterocycles. The molecule has 0 heterocycles. The highest BCUT2D eigenvalue weighted by molar-refractivity contribution is 7.92. The van der Waals surface area contributed by atoms with Crippen LogP contribution in [-0.4, -0.2) is 26.8 Å². The van der Waals surface area contributed by atoms with Crippen molar-refractivity contribution in [2.75, 3.05) is 13.1 Å². The molecule has 4 nitrogen and oxygen atoms in total. The zero-order valence-corrected chi connectivity index (χ0v) is 15.6. The average Bonchev–Trinajstić information content (AvgIpc) is 3.33. The first-order valence-electron chi connectivity index (χ1n) is 8.70. The highest BCUT2D eigenvalue weighted by Gasteiger charge is 2.69. The molecule has 134 valence electrons. The SMILES string of the molecule is CCc1ccc([C@@H]2[C@@H](S(=O)(=O)c3ccc(C)cc3)C2(CN)CN)cc1. The number of nitrogens with two attached hydrogens (primary N) is 2. The first kappa shape index (κ1) is 18.1. The van der Waals surface area contributed by atoms with E-state index in [0.29, 0.717) is 4.90 Å². The van der Waals surface area contributed by atoms with E-state index < -0.39 is 20.5 Å². The highest BCUT2D eigenvalue weighted by Crippen LogP contribution is 2.62. The van der Waals surface area contributed by atoms with Gasteiger partial charge in [0.2, 0.25) is 0 Å². The van der Waals surface area contributed by atoms with Gasteiger partial charge in [0.15, 0.2) is 9.84 Å². The molecule has 2 aromatic carbocycles. The van der Waals surface area contributed by atoms with E-state index in [4.69, 9.17) is 11.5 Å². The number of rotatable bonds is 6. The molecule has 3 rings (SSSR count). The van der Waals surface area contributed by atoms with Crippen LogP contribution in [0.2, 0.25) is 0 Å². The predicted molar refractivity (Wildman–Crippen MR) is 101 cm³/mol. The van der Waals surface area contributed by atoms with Crippen LogP contribution < -0.4 is 11.5 Å². The molecule has 0 radical (unpaired) electrons. The molecule has 1 fully saturated rings. The first-order valence-corrected chi connectivity index (χ1v) is 10.2. The number of aryl methyl sites for hydroxylation is 2. The van der Waals surface area contributed by atoms with Gasteiger partial charge in [-0.05, 0) is 36.6 Å². The third kappa shape index (κ3) is 2.90. The van der Waals surface area contributed by atoms with Crippen molar-refractivity contribution < 1.29 is 8.42 Å². The summed E-state index contributed by atoms with van der Waals surface area (Å²) in [5, 5.41) is -0.565. The Morgan fingerprint density at radius 3 is 2.00 bits per heavy atom. The Labute approximate surface area is 150 Å². The third-order valence-electron chi connectivity index (χ3n) is 5.57. The Morgan fingerprint density at radius 1 is 0.960 bits per heavy atom. The molecule has 25 heavy (non-hydrogen) atoms. The maximum atomic E-state index is 13.2. The fourth-order valence-corrected chi connectivity index (χ4v) is 6.33. The van der Waals surface area contributed by atoms with Crippen molar-refractivity contribution >= 4 is 9.84 Å². The van der Waals surface area contributed by atoms with Crippen molar-refractivity contribution in [1.29, 1.82) is 0 Å². The van der Waals surface area contributed by atoms with Gasteiger partial charge in [0.1, 0.15) is 0 Å². The second-order valence-corrected chi connectivity index (χ2v) is 9.06. The van der Waals surface area contributed by atoms with Crippen LogP contribution in [0.25, 0.3) is 0 Å². The van der Waals surface area contributed by atoms with E-state index in [2.05, 4.69) is 19.1 Å². The molecular weight excluding hydrogens is 332 g/mol. The Balaban J connectivity index is 2.02. The monoisotopic (exact) mass is 358 g/mol. The van der Waals surface area contributed by atoms with Crippen molar-refractivity contribution in [3.05, 3.63) is 65.2 Å². The van der Waals surface area contributed by atoms with E-state index in [9.17, 15) is 8.42 Å². The zero-order valence-electron chi connectivity index (χ0n) is 14.8. The van der Waals surface area contributed by atoms with Gasteiger partial charge in [0, 0.05) is 24.4 Å². The summed E-state index contributed by atoms with van der Waals surface area (Å²) in [5.74, 6) is -0.153. The van der Waals surface area contributed by atoms with E-state index in [1.165, 1.54) is 5.56 Å². The summed E-state index contributed by atoms with van der Waals surface area (Å²) in [6.07, 6.45) is 0.953. The van der Waals surface area contributed by atoms with Crippen LogP contribution in [0, 0.1) is 12.3 Å². The van der Waals surface area contributed by atoms with Gasteiger partial charge < -0.3 is 11.5 Å².